The van der Waals surface area contributed by atoms with Gasteiger partial charge in [0.05, 0.1) is 24.3 Å². The molecule has 1 saturated carbocycles. The number of morpholine rings is 1. The molecule has 5 heteroatoms. The molecule has 2 unspecified atom stereocenters. The number of nitrogens with two attached hydrogens (primary N) is 1. The number of rotatable bonds is 1. The standard InChI is InChI=1S/C15H18N4O/c16-10-4-5-11-12(8-10)17-9-18-15(11)19-6-7-20-14-3-1-2-13(14)19/h4-5,8-9,13-14H,1-3,6-7,16H2. The molecule has 0 spiro atoms. The summed E-state index contributed by atoms with van der Waals surface area (Å²) in [6.45, 7) is 1.68. The molecule has 4 rings (SSSR count). The summed E-state index contributed by atoms with van der Waals surface area (Å²) in [6.07, 6.45) is 5.59. The highest BCUT2D eigenvalue weighted by Crippen LogP contribution is 2.35. The van der Waals surface area contributed by atoms with Crippen LogP contribution in [0.4, 0.5) is 11.5 Å². The summed E-state index contributed by atoms with van der Waals surface area (Å²) in [5.74, 6) is 1.02. The van der Waals surface area contributed by atoms with E-state index in [2.05, 4.69) is 14.9 Å². The normalized spacial score (nSPS) is 25.9. The summed E-state index contributed by atoms with van der Waals surface area (Å²) in [5.41, 5.74) is 7.50. The summed E-state index contributed by atoms with van der Waals surface area (Å²) < 4.78 is 5.88. The SMILES string of the molecule is Nc1ccc2c(N3CCOC4CCCC43)ncnc2c1. The number of nitrogen functional groups attached to an aromatic ring is 1. The highest BCUT2D eigenvalue weighted by molar-refractivity contribution is 5.91. The summed E-state index contributed by atoms with van der Waals surface area (Å²) >= 11 is 0. The zero-order valence-corrected chi connectivity index (χ0v) is 11.3. The van der Waals surface area contributed by atoms with Crippen LogP contribution in [0.1, 0.15) is 19.3 Å². The molecule has 2 heterocycles. The molecular formula is C15H18N4O. The van der Waals surface area contributed by atoms with Crippen LogP contribution in [-0.2, 0) is 4.74 Å². The van der Waals surface area contributed by atoms with Crippen LogP contribution in [0, 0.1) is 0 Å². The van der Waals surface area contributed by atoms with Gasteiger partial charge < -0.3 is 15.4 Å². The molecule has 1 aliphatic heterocycles. The van der Waals surface area contributed by atoms with E-state index in [1.807, 2.05) is 18.2 Å². The van der Waals surface area contributed by atoms with Crippen molar-refractivity contribution in [2.45, 2.75) is 31.4 Å². The molecule has 0 amide bonds. The number of ether oxygens (including phenoxy) is 1. The first kappa shape index (κ1) is 11.9. The van der Waals surface area contributed by atoms with Crippen LogP contribution in [0.2, 0.25) is 0 Å². The van der Waals surface area contributed by atoms with Crippen LogP contribution in [-0.4, -0.2) is 35.3 Å². The Labute approximate surface area is 117 Å². The molecular weight excluding hydrogens is 252 g/mol. The van der Waals surface area contributed by atoms with Crippen LogP contribution >= 0.6 is 0 Å². The predicted molar refractivity (Wildman–Crippen MR) is 78.7 cm³/mol. The van der Waals surface area contributed by atoms with Crippen molar-refractivity contribution in [2.75, 3.05) is 23.8 Å². The third-order valence-electron chi connectivity index (χ3n) is 4.39. The summed E-state index contributed by atoms with van der Waals surface area (Å²) in [5, 5.41) is 1.08. The molecule has 2 atom stereocenters. The molecule has 5 nitrogen and oxygen atoms in total. The number of fused-ring (bicyclic) bond motifs is 2. The highest BCUT2D eigenvalue weighted by atomic mass is 16.5. The van der Waals surface area contributed by atoms with Gasteiger partial charge in [0, 0.05) is 17.6 Å². The van der Waals surface area contributed by atoms with Crippen LogP contribution in [0.3, 0.4) is 0 Å². The first-order valence-corrected chi connectivity index (χ1v) is 7.21. The second-order valence-corrected chi connectivity index (χ2v) is 5.57. The van der Waals surface area contributed by atoms with Crippen molar-refractivity contribution in [2.24, 2.45) is 0 Å². The van der Waals surface area contributed by atoms with E-state index < -0.39 is 0 Å². The number of hydrogen-bond acceptors (Lipinski definition) is 5. The maximum Gasteiger partial charge on any atom is 0.140 e. The summed E-state index contributed by atoms with van der Waals surface area (Å²) in [4.78, 5) is 11.3. The molecule has 1 aromatic carbocycles. The maximum atomic E-state index is 5.88. The molecule has 2 N–H and O–H groups in total. The topological polar surface area (TPSA) is 64.3 Å². The minimum Gasteiger partial charge on any atom is -0.399 e. The lowest BCUT2D eigenvalue weighted by molar-refractivity contribution is 0.0254. The van der Waals surface area contributed by atoms with E-state index >= 15 is 0 Å². The quantitative estimate of drug-likeness (QED) is 0.803. The number of aromatic nitrogens is 2. The van der Waals surface area contributed by atoms with E-state index in [-0.39, 0.29) is 0 Å². The average Bonchev–Trinajstić information content (AvgIpc) is 2.94. The van der Waals surface area contributed by atoms with Crippen molar-refractivity contribution < 1.29 is 4.74 Å². The fraction of sp³-hybridized carbons (Fsp3) is 0.467. The van der Waals surface area contributed by atoms with Crippen molar-refractivity contribution >= 4 is 22.4 Å². The number of nitrogens with zero attached hydrogens (tertiary/aromatic N) is 3. The van der Waals surface area contributed by atoms with Crippen LogP contribution in [0.25, 0.3) is 10.9 Å². The van der Waals surface area contributed by atoms with Gasteiger partial charge in [-0.05, 0) is 37.5 Å². The summed E-state index contributed by atoms with van der Waals surface area (Å²) in [7, 11) is 0. The van der Waals surface area contributed by atoms with E-state index in [9.17, 15) is 0 Å². The Bertz CT molecular complexity index is 645. The Hall–Kier alpha value is -1.88. The molecule has 2 fully saturated rings. The van der Waals surface area contributed by atoms with Crippen LogP contribution < -0.4 is 10.6 Å². The van der Waals surface area contributed by atoms with Crippen molar-refractivity contribution in [1.82, 2.24) is 9.97 Å². The molecule has 0 bridgehead atoms. The van der Waals surface area contributed by atoms with Gasteiger partial charge in [-0.25, -0.2) is 9.97 Å². The van der Waals surface area contributed by atoms with Gasteiger partial charge in [0.1, 0.15) is 12.1 Å². The van der Waals surface area contributed by atoms with E-state index in [0.29, 0.717) is 12.1 Å². The largest absolute Gasteiger partial charge is 0.399 e. The lowest BCUT2D eigenvalue weighted by atomic mass is 10.1. The third kappa shape index (κ3) is 1.81. The van der Waals surface area contributed by atoms with Gasteiger partial charge >= 0.3 is 0 Å². The molecule has 1 saturated heterocycles. The minimum absolute atomic E-state index is 0.363. The van der Waals surface area contributed by atoms with Crippen molar-refractivity contribution in [3.8, 4) is 0 Å². The first-order valence-electron chi connectivity index (χ1n) is 7.21. The lowest BCUT2D eigenvalue weighted by Gasteiger charge is -2.38. The average molecular weight is 270 g/mol. The third-order valence-corrected chi connectivity index (χ3v) is 4.39. The number of hydrogen-bond donors (Lipinski definition) is 1. The predicted octanol–water partition coefficient (Wildman–Crippen LogP) is 1.97. The number of benzene rings is 1. The van der Waals surface area contributed by atoms with Gasteiger partial charge in [-0.2, -0.15) is 0 Å². The fourth-order valence-electron chi connectivity index (χ4n) is 3.48. The Morgan fingerprint density at radius 1 is 1.25 bits per heavy atom. The zero-order chi connectivity index (χ0) is 13.5. The molecule has 2 aliphatic rings. The van der Waals surface area contributed by atoms with E-state index in [4.69, 9.17) is 10.5 Å². The van der Waals surface area contributed by atoms with Crippen molar-refractivity contribution in [3.63, 3.8) is 0 Å². The molecule has 2 aromatic rings. The van der Waals surface area contributed by atoms with E-state index in [0.717, 1.165) is 42.0 Å². The van der Waals surface area contributed by atoms with Gasteiger partial charge in [0.15, 0.2) is 0 Å². The smallest absolute Gasteiger partial charge is 0.140 e. The molecule has 1 aliphatic carbocycles. The second-order valence-electron chi connectivity index (χ2n) is 5.57. The molecule has 104 valence electrons. The number of anilines is 2. The van der Waals surface area contributed by atoms with Gasteiger partial charge in [-0.3, -0.25) is 0 Å². The van der Waals surface area contributed by atoms with Gasteiger partial charge in [-0.15, -0.1) is 0 Å². The molecule has 0 radical (unpaired) electrons. The Morgan fingerprint density at radius 3 is 3.15 bits per heavy atom. The van der Waals surface area contributed by atoms with Crippen LogP contribution in [0.5, 0.6) is 0 Å². The van der Waals surface area contributed by atoms with Gasteiger partial charge in [-0.1, -0.05) is 0 Å². The zero-order valence-electron chi connectivity index (χ0n) is 11.3. The maximum absolute atomic E-state index is 5.88. The summed E-state index contributed by atoms with van der Waals surface area (Å²) in [6, 6.07) is 6.31. The fourth-order valence-corrected chi connectivity index (χ4v) is 3.48. The minimum atomic E-state index is 0.363. The monoisotopic (exact) mass is 270 g/mol. The van der Waals surface area contributed by atoms with Crippen LogP contribution in [0.15, 0.2) is 24.5 Å². The van der Waals surface area contributed by atoms with Gasteiger partial charge in [0.2, 0.25) is 0 Å². The Kier molecular flexibility index (Phi) is 2.73. The Morgan fingerprint density at radius 2 is 2.20 bits per heavy atom. The van der Waals surface area contributed by atoms with E-state index in [1.165, 1.54) is 12.8 Å². The van der Waals surface area contributed by atoms with Gasteiger partial charge in [0.25, 0.3) is 0 Å². The lowest BCUT2D eigenvalue weighted by Crippen LogP contribution is -2.49. The van der Waals surface area contributed by atoms with Crippen molar-refractivity contribution in [3.05, 3.63) is 24.5 Å². The molecule has 1 aromatic heterocycles. The van der Waals surface area contributed by atoms with Crippen molar-refractivity contribution in [1.29, 1.82) is 0 Å². The molecule has 20 heavy (non-hydrogen) atoms. The second kappa shape index (κ2) is 4.59. The highest BCUT2D eigenvalue weighted by Gasteiger charge is 2.37. The Balaban J connectivity index is 1.81. The van der Waals surface area contributed by atoms with E-state index in [1.54, 1.807) is 6.33 Å². The first-order chi connectivity index (χ1) is 9.83.